The minimum atomic E-state index is -3.21. The first kappa shape index (κ1) is 14.2. The lowest BCUT2D eigenvalue weighted by atomic mass is 10.2. The van der Waals surface area contributed by atoms with E-state index in [4.69, 9.17) is 12.2 Å². The van der Waals surface area contributed by atoms with Crippen molar-refractivity contribution in [2.75, 3.05) is 12.8 Å². The van der Waals surface area contributed by atoms with Gasteiger partial charge < -0.3 is 9.55 Å². The number of sulfonamides is 1. The molecular weight excluding hydrogens is 308 g/mol. The van der Waals surface area contributed by atoms with E-state index >= 15 is 0 Å². The third-order valence-corrected chi connectivity index (χ3v) is 4.25. The number of para-hydroxylation sites is 1. The van der Waals surface area contributed by atoms with Gasteiger partial charge in [-0.05, 0) is 18.3 Å². The highest BCUT2D eigenvalue weighted by molar-refractivity contribution is 7.88. The number of aromatic nitrogens is 3. The first-order valence-corrected chi connectivity index (χ1v) is 8.66. The van der Waals surface area contributed by atoms with Gasteiger partial charge in [-0.25, -0.2) is 13.1 Å². The molecule has 0 unspecified atom stereocenters. The molecule has 0 radical (unpaired) electrons. The van der Waals surface area contributed by atoms with E-state index in [-0.39, 0.29) is 6.54 Å². The number of H-pyrrole nitrogens is 1. The van der Waals surface area contributed by atoms with Crippen LogP contribution in [-0.2, 0) is 16.6 Å². The van der Waals surface area contributed by atoms with Crippen LogP contribution in [0, 0.1) is 4.77 Å². The average molecular weight is 322 g/mol. The Morgan fingerprint density at radius 3 is 2.90 bits per heavy atom. The summed E-state index contributed by atoms with van der Waals surface area (Å²) in [5.41, 5.74) is 2.67. The molecule has 0 saturated heterocycles. The first-order valence-electron chi connectivity index (χ1n) is 6.36. The van der Waals surface area contributed by atoms with Gasteiger partial charge in [0.05, 0.1) is 29.0 Å². The summed E-state index contributed by atoms with van der Waals surface area (Å²) in [5, 5.41) is 0.988. The Balaban J connectivity index is 2.11. The molecule has 0 fully saturated rings. The van der Waals surface area contributed by atoms with Crippen LogP contribution in [0.1, 0.15) is 0 Å². The van der Waals surface area contributed by atoms with E-state index in [2.05, 4.69) is 14.7 Å². The molecule has 1 aromatic carbocycles. The molecule has 3 aromatic rings. The summed E-state index contributed by atoms with van der Waals surface area (Å²) in [7, 11) is -3.21. The van der Waals surface area contributed by atoms with Crippen molar-refractivity contribution in [3.8, 4) is 0 Å². The van der Waals surface area contributed by atoms with Crippen LogP contribution in [0.3, 0.4) is 0 Å². The molecule has 2 aromatic heterocycles. The van der Waals surface area contributed by atoms with Gasteiger partial charge in [0.25, 0.3) is 0 Å². The van der Waals surface area contributed by atoms with Crippen LogP contribution in [0.5, 0.6) is 0 Å². The van der Waals surface area contributed by atoms with Crippen molar-refractivity contribution in [2.24, 2.45) is 0 Å². The van der Waals surface area contributed by atoms with Crippen molar-refractivity contribution in [2.45, 2.75) is 6.54 Å². The van der Waals surface area contributed by atoms with Crippen LogP contribution in [0.15, 0.2) is 30.5 Å². The first-order chi connectivity index (χ1) is 9.96. The molecular formula is C13H14N4O2S2. The lowest BCUT2D eigenvalue weighted by molar-refractivity contribution is 0.579. The number of fused-ring (bicyclic) bond motifs is 3. The van der Waals surface area contributed by atoms with E-state index in [1.165, 1.54) is 0 Å². The maximum atomic E-state index is 11.2. The van der Waals surface area contributed by atoms with Gasteiger partial charge in [0, 0.05) is 18.5 Å². The quantitative estimate of drug-likeness (QED) is 0.718. The topological polar surface area (TPSA) is 79.8 Å². The normalized spacial score (nSPS) is 12.2. The predicted octanol–water partition coefficient (Wildman–Crippen LogP) is 1.80. The minimum absolute atomic E-state index is 0.288. The number of benzene rings is 1. The Hall–Kier alpha value is -1.77. The Kier molecular flexibility index (Phi) is 3.52. The molecule has 0 aliphatic heterocycles. The largest absolute Gasteiger partial charge is 0.329 e. The summed E-state index contributed by atoms with van der Waals surface area (Å²) < 4.78 is 27.2. The lowest BCUT2D eigenvalue weighted by Crippen LogP contribution is -2.26. The number of imidazole rings is 1. The van der Waals surface area contributed by atoms with Crippen molar-refractivity contribution in [3.63, 3.8) is 0 Å². The molecule has 2 N–H and O–H groups in total. The molecule has 2 heterocycles. The van der Waals surface area contributed by atoms with E-state index in [0.717, 1.165) is 28.2 Å². The molecule has 21 heavy (non-hydrogen) atoms. The molecule has 0 spiro atoms. The Morgan fingerprint density at radius 2 is 2.14 bits per heavy atom. The maximum Gasteiger partial charge on any atom is 0.208 e. The van der Waals surface area contributed by atoms with E-state index < -0.39 is 10.0 Å². The molecule has 3 rings (SSSR count). The number of hydrogen-bond donors (Lipinski definition) is 2. The summed E-state index contributed by atoms with van der Waals surface area (Å²) in [6.45, 7) is 0.747. The van der Waals surface area contributed by atoms with E-state index in [1.54, 1.807) is 6.20 Å². The van der Waals surface area contributed by atoms with Crippen LogP contribution in [0.25, 0.3) is 21.9 Å². The zero-order valence-electron chi connectivity index (χ0n) is 11.3. The highest BCUT2D eigenvalue weighted by atomic mass is 32.2. The number of rotatable bonds is 4. The van der Waals surface area contributed by atoms with Gasteiger partial charge >= 0.3 is 0 Å². The number of aromatic amines is 1. The molecule has 0 saturated carbocycles. The fraction of sp³-hybridized carbons (Fsp3) is 0.231. The summed E-state index contributed by atoms with van der Waals surface area (Å²) in [6.07, 6.45) is 2.88. The Bertz CT molecular complexity index is 973. The monoisotopic (exact) mass is 322 g/mol. The van der Waals surface area contributed by atoms with Gasteiger partial charge in [-0.15, -0.1) is 0 Å². The molecule has 6 nitrogen and oxygen atoms in total. The van der Waals surface area contributed by atoms with Crippen molar-refractivity contribution >= 4 is 44.2 Å². The fourth-order valence-corrected chi connectivity index (χ4v) is 3.10. The number of nitrogens with one attached hydrogen (secondary N) is 2. The van der Waals surface area contributed by atoms with Gasteiger partial charge in [-0.1, -0.05) is 18.2 Å². The standard InChI is InChI=1S/C13H14N4O2S2/c1-21(18,19)15-6-7-17-12-9-4-2-3-5-10(9)14-8-11(12)16-13(17)20/h2-5,8,15H,6-7H2,1H3,(H,16,20). The van der Waals surface area contributed by atoms with Crippen LogP contribution < -0.4 is 4.72 Å². The average Bonchev–Trinajstić information content (AvgIpc) is 2.74. The van der Waals surface area contributed by atoms with Gasteiger partial charge in [-0.3, -0.25) is 4.98 Å². The lowest BCUT2D eigenvalue weighted by Gasteiger charge is -2.07. The number of pyridine rings is 1. The summed E-state index contributed by atoms with van der Waals surface area (Å²) in [6, 6.07) is 7.79. The highest BCUT2D eigenvalue weighted by Gasteiger charge is 2.09. The number of nitrogens with zero attached hydrogens (tertiary/aromatic N) is 2. The summed E-state index contributed by atoms with van der Waals surface area (Å²) in [4.78, 5) is 7.49. The molecule has 0 amide bonds. The molecule has 110 valence electrons. The van der Waals surface area contributed by atoms with E-state index in [1.807, 2.05) is 28.8 Å². The SMILES string of the molecule is CS(=O)(=O)NCCn1c(=S)[nH]c2cnc3ccccc3c21. The second-order valence-electron chi connectivity index (χ2n) is 4.79. The maximum absolute atomic E-state index is 11.2. The number of hydrogen-bond acceptors (Lipinski definition) is 4. The van der Waals surface area contributed by atoms with Gasteiger partial charge in [0.2, 0.25) is 10.0 Å². The van der Waals surface area contributed by atoms with Crippen molar-refractivity contribution < 1.29 is 8.42 Å². The fourth-order valence-electron chi connectivity index (χ4n) is 2.35. The second kappa shape index (κ2) is 5.21. The van der Waals surface area contributed by atoms with Crippen LogP contribution in [-0.4, -0.2) is 35.8 Å². The van der Waals surface area contributed by atoms with Crippen LogP contribution in [0.2, 0.25) is 0 Å². The molecule has 8 heteroatoms. The third-order valence-electron chi connectivity index (χ3n) is 3.20. The molecule has 0 aliphatic rings. The van der Waals surface area contributed by atoms with Crippen molar-refractivity contribution in [1.82, 2.24) is 19.3 Å². The third kappa shape index (κ3) is 2.82. The van der Waals surface area contributed by atoms with E-state index in [9.17, 15) is 8.42 Å². The summed E-state index contributed by atoms with van der Waals surface area (Å²) >= 11 is 5.33. The second-order valence-corrected chi connectivity index (χ2v) is 7.01. The van der Waals surface area contributed by atoms with Gasteiger partial charge in [0.1, 0.15) is 0 Å². The Labute approximate surface area is 126 Å². The zero-order valence-corrected chi connectivity index (χ0v) is 13.0. The zero-order chi connectivity index (χ0) is 15.0. The molecule has 0 aliphatic carbocycles. The molecule has 0 bridgehead atoms. The highest BCUT2D eigenvalue weighted by Crippen LogP contribution is 2.23. The van der Waals surface area contributed by atoms with Crippen molar-refractivity contribution in [3.05, 3.63) is 35.2 Å². The molecule has 0 atom stereocenters. The van der Waals surface area contributed by atoms with Crippen molar-refractivity contribution in [1.29, 1.82) is 0 Å². The van der Waals surface area contributed by atoms with E-state index in [0.29, 0.717) is 11.3 Å². The predicted molar refractivity (Wildman–Crippen MR) is 85.3 cm³/mol. The smallest absolute Gasteiger partial charge is 0.208 e. The van der Waals surface area contributed by atoms with Crippen LogP contribution >= 0.6 is 12.2 Å². The van der Waals surface area contributed by atoms with Gasteiger partial charge in [-0.2, -0.15) is 0 Å². The Morgan fingerprint density at radius 1 is 1.38 bits per heavy atom. The van der Waals surface area contributed by atoms with Crippen LogP contribution in [0.4, 0.5) is 0 Å². The summed E-state index contributed by atoms with van der Waals surface area (Å²) in [5.74, 6) is 0. The minimum Gasteiger partial charge on any atom is -0.329 e. The van der Waals surface area contributed by atoms with Gasteiger partial charge in [0.15, 0.2) is 4.77 Å².